The molecular formula is C14H28N3O2+. The summed E-state index contributed by atoms with van der Waals surface area (Å²) in [7, 11) is 0. The van der Waals surface area contributed by atoms with Gasteiger partial charge in [0.2, 0.25) is 0 Å². The van der Waals surface area contributed by atoms with Crippen molar-refractivity contribution in [1.82, 2.24) is 10.6 Å². The van der Waals surface area contributed by atoms with Crippen molar-refractivity contribution >= 4 is 11.9 Å². The largest absolute Gasteiger partial charge is 0.333 e. The van der Waals surface area contributed by atoms with Crippen molar-refractivity contribution in [3.63, 3.8) is 0 Å². The average Bonchev–Trinajstić information content (AvgIpc) is 2.10. The van der Waals surface area contributed by atoms with Crippen molar-refractivity contribution in [3.05, 3.63) is 0 Å². The molecule has 19 heavy (non-hydrogen) atoms. The molecule has 5 heteroatoms. The molecule has 3 N–H and O–H groups in total. The smallest absolute Gasteiger partial charge is 0.322 e. The molecule has 3 atom stereocenters. The molecule has 1 fully saturated rings. The molecule has 0 aromatic carbocycles. The Hall–Kier alpha value is -1.10. The van der Waals surface area contributed by atoms with E-state index in [9.17, 15) is 9.59 Å². The van der Waals surface area contributed by atoms with Gasteiger partial charge in [0, 0.05) is 17.4 Å². The van der Waals surface area contributed by atoms with Crippen molar-refractivity contribution < 1.29 is 14.5 Å². The minimum Gasteiger partial charge on any atom is -0.333 e. The Balaban J connectivity index is 2.36. The SMILES string of the molecule is C[C@@H]1C[C@H](C)C[NH+](CC(=O)NC(=O)NC(C)(C)C)C1. The molecule has 5 nitrogen and oxygen atoms in total. The highest BCUT2D eigenvalue weighted by molar-refractivity contribution is 5.94. The molecule has 3 amide bonds. The second-order valence-electron chi connectivity index (χ2n) is 7.03. The number of carbonyl (C=O) groups excluding carboxylic acids is 2. The minimum absolute atomic E-state index is 0.196. The Labute approximate surface area is 116 Å². The lowest BCUT2D eigenvalue weighted by Gasteiger charge is -2.31. The molecular weight excluding hydrogens is 242 g/mol. The summed E-state index contributed by atoms with van der Waals surface area (Å²) < 4.78 is 0. The molecule has 0 bridgehead atoms. The number of carbonyl (C=O) groups is 2. The highest BCUT2D eigenvalue weighted by Gasteiger charge is 2.27. The molecule has 1 heterocycles. The number of piperidine rings is 1. The Morgan fingerprint density at radius 3 is 2.16 bits per heavy atom. The molecule has 0 saturated carbocycles. The van der Waals surface area contributed by atoms with E-state index in [1.54, 1.807) is 0 Å². The van der Waals surface area contributed by atoms with Gasteiger partial charge in [-0.1, -0.05) is 13.8 Å². The predicted octanol–water partition coefficient (Wildman–Crippen LogP) is 0.172. The molecule has 1 saturated heterocycles. The van der Waals surface area contributed by atoms with Crippen LogP contribution in [0.25, 0.3) is 0 Å². The first-order valence-electron chi connectivity index (χ1n) is 7.11. The molecule has 1 aliphatic heterocycles. The van der Waals surface area contributed by atoms with Crippen LogP contribution in [0.15, 0.2) is 0 Å². The maximum absolute atomic E-state index is 11.8. The third-order valence-corrected chi connectivity index (χ3v) is 3.23. The quantitative estimate of drug-likeness (QED) is 0.670. The Kier molecular flexibility index (Phi) is 5.35. The summed E-state index contributed by atoms with van der Waals surface area (Å²) in [5.41, 5.74) is -0.328. The Bertz CT molecular complexity index is 326. The van der Waals surface area contributed by atoms with Crippen molar-refractivity contribution in [2.45, 2.75) is 46.6 Å². The predicted molar refractivity (Wildman–Crippen MR) is 74.9 cm³/mol. The first-order valence-corrected chi connectivity index (χ1v) is 7.11. The molecule has 0 aliphatic carbocycles. The monoisotopic (exact) mass is 270 g/mol. The summed E-state index contributed by atoms with van der Waals surface area (Å²) in [5, 5.41) is 5.13. The van der Waals surface area contributed by atoms with Gasteiger partial charge in [-0.3, -0.25) is 10.1 Å². The van der Waals surface area contributed by atoms with Gasteiger partial charge in [-0.05, 0) is 27.2 Å². The molecule has 0 aromatic heterocycles. The van der Waals surface area contributed by atoms with E-state index in [0.717, 1.165) is 13.1 Å². The van der Waals surface area contributed by atoms with Gasteiger partial charge >= 0.3 is 6.03 Å². The summed E-state index contributed by atoms with van der Waals surface area (Å²) in [6, 6.07) is -0.407. The number of hydrogen-bond acceptors (Lipinski definition) is 2. The van der Waals surface area contributed by atoms with E-state index in [2.05, 4.69) is 24.5 Å². The van der Waals surface area contributed by atoms with Gasteiger partial charge in [0.1, 0.15) is 0 Å². The van der Waals surface area contributed by atoms with Crippen molar-refractivity contribution in [1.29, 1.82) is 0 Å². The number of urea groups is 1. The Morgan fingerprint density at radius 2 is 1.68 bits per heavy atom. The standard InChI is InChI=1S/C14H27N3O2/c1-10-6-11(2)8-17(7-10)9-12(18)15-13(19)16-14(3,4)5/h10-11H,6-9H2,1-5H3,(H2,15,16,18,19)/p+1/t10-,11+. The number of rotatable bonds is 2. The third-order valence-electron chi connectivity index (χ3n) is 3.23. The minimum atomic E-state index is -0.407. The molecule has 0 spiro atoms. The van der Waals surface area contributed by atoms with Gasteiger partial charge in [-0.15, -0.1) is 0 Å². The second kappa shape index (κ2) is 6.37. The number of hydrogen-bond donors (Lipinski definition) is 3. The maximum atomic E-state index is 11.8. The van der Waals surface area contributed by atoms with E-state index in [1.807, 2.05) is 20.8 Å². The van der Waals surface area contributed by atoms with Crippen LogP contribution in [0.3, 0.4) is 0 Å². The van der Waals surface area contributed by atoms with Crippen LogP contribution in [0.1, 0.15) is 41.0 Å². The van der Waals surface area contributed by atoms with Gasteiger partial charge < -0.3 is 10.2 Å². The lowest BCUT2D eigenvalue weighted by Crippen LogP contribution is -3.15. The van der Waals surface area contributed by atoms with Crippen LogP contribution in [0.4, 0.5) is 4.79 Å². The normalized spacial score (nSPS) is 27.7. The van der Waals surface area contributed by atoms with E-state index < -0.39 is 6.03 Å². The number of imide groups is 1. The fraction of sp³-hybridized carbons (Fsp3) is 0.857. The zero-order valence-electron chi connectivity index (χ0n) is 12.8. The maximum Gasteiger partial charge on any atom is 0.322 e. The second-order valence-corrected chi connectivity index (χ2v) is 7.03. The first-order chi connectivity index (χ1) is 8.65. The zero-order chi connectivity index (χ0) is 14.6. The van der Waals surface area contributed by atoms with Crippen molar-refractivity contribution in [2.24, 2.45) is 11.8 Å². The third kappa shape index (κ3) is 6.57. The fourth-order valence-electron chi connectivity index (χ4n) is 2.84. The Morgan fingerprint density at radius 1 is 1.16 bits per heavy atom. The van der Waals surface area contributed by atoms with E-state index in [-0.39, 0.29) is 11.4 Å². The van der Waals surface area contributed by atoms with Crippen LogP contribution >= 0.6 is 0 Å². The van der Waals surface area contributed by atoms with Gasteiger partial charge in [-0.2, -0.15) is 0 Å². The van der Waals surface area contributed by atoms with Gasteiger partial charge in [0.25, 0.3) is 5.91 Å². The van der Waals surface area contributed by atoms with Crippen molar-refractivity contribution in [2.75, 3.05) is 19.6 Å². The lowest BCUT2D eigenvalue weighted by atomic mass is 9.92. The summed E-state index contributed by atoms with van der Waals surface area (Å²) in [6.07, 6.45) is 1.23. The molecule has 1 unspecified atom stereocenters. The van der Waals surface area contributed by atoms with Crippen LogP contribution in [-0.4, -0.2) is 37.1 Å². The zero-order valence-corrected chi connectivity index (χ0v) is 12.8. The van der Waals surface area contributed by atoms with E-state index in [0.29, 0.717) is 18.4 Å². The lowest BCUT2D eigenvalue weighted by molar-refractivity contribution is -0.904. The molecule has 1 rings (SSSR count). The van der Waals surface area contributed by atoms with E-state index >= 15 is 0 Å². The highest BCUT2D eigenvalue weighted by atomic mass is 16.2. The number of nitrogens with one attached hydrogen (secondary N) is 3. The van der Waals surface area contributed by atoms with Gasteiger partial charge in [0.15, 0.2) is 6.54 Å². The van der Waals surface area contributed by atoms with Gasteiger partial charge in [-0.25, -0.2) is 4.79 Å². The summed E-state index contributed by atoms with van der Waals surface area (Å²) >= 11 is 0. The fourth-order valence-corrected chi connectivity index (χ4v) is 2.84. The van der Waals surface area contributed by atoms with Crippen LogP contribution < -0.4 is 15.5 Å². The molecule has 110 valence electrons. The van der Waals surface area contributed by atoms with Crippen LogP contribution in [0.2, 0.25) is 0 Å². The summed E-state index contributed by atoms with van der Waals surface area (Å²) in [6.45, 7) is 12.5. The highest BCUT2D eigenvalue weighted by Crippen LogP contribution is 2.11. The molecule has 0 aromatic rings. The van der Waals surface area contributed by atoms with Crippen LogP contribution in [-0.2, 0) is 4.79 Å². The summed E-state index contributed by atoms with van der Waals surface area (Å²) in [5.74, 6) is 1.10. The molecule has 1 aliphatic rings. The number of amides is 3. The van der Waals surface area contributed by atoms with Crippen molar-refractivity contribution in [3.8, 4) is 0 Å². The topological polar surface area (TPSA) is 62.6 Å². The van der Waals surface area contributed by atoms with Crippen LogP contribution in [0, 0.1) is 11.8 Å². The van der Waals surface area contributed by atoms with E-state index in [1.165, 1.54) is 11.3 Å². The van der Waals surface area contributed by atoms with Crippen LogP contribution in [0.5, 0.6) is 0 Å². The average molecular weight is 270 g/mol. The van der Waals surface area contributed by atoms with E-state index in [4.69, 9.17) is 0 Å². The first kappa shape index (κ1) is 16.0. The summed E-state index contributed by atoms with van der Waals surface area (Å²) in [4.78, 5) is 24.7. The number of quaternary nitrogens is 1. The number of likely N-dealkylation sites (tertiary alicyclic amines) is 1. The molecule has 0 radical (unpaired) electrons. The van der Waals surface area contributed by atoms with Gasteiger partial charge in [0.05, 0.1) is 13.1 Å².